The first kappa shape index (κ1) is 16.7. The molecule has 3 N–H and O–H groups in total. The van der Waals surface area contributed by atoms with Gasteiger partial charge in [0.1, 0.15) is 6.04 Å². The lowest BCUT2D eigenvalue weighted by atomic mass is 10.1. The molecule has 0 bridgehead atoms. The number of nitrogens with one attached hydrogen (secondary N) is 1. The number of benzene rings is 1. The number of amides is 2. The van der Waals surface area contributed by atoms with Crippen molar-refractivity contribution in [2.45, 2.75) is 25.3 Å². The lowest BCUT2D eigenvalue weighted by Gasteiger charge is -2.15. The van der Waals surface area contributed by atoms with Crippen molar-refractivity contribution < 1.29 is 9.59 Å². The summed E-state index contributed by atoms with van der Waals surface area (Å²) in [6, 6.07) is 6.31. The number of hydrogen-bond donors (Lipinski definition) is 2. The molecule has 1 aromatic carbocycles. The highest BCUT2D eigenvalue weighted by atomic mass is 79.9. The Morgan fingerprint density at radius 3 is 2.40 bits per heavy atom. The minimum Gasteiger partial charge on any atom is -0.368 e. The topological polar surface area (TPSA) is 96.0 Å². The van der Waals surface area contributed by atoms with E-state index in [1.807, 2.05) is 6.07 Å². The lowest BCUT2D eigenvalue weighted by molar-refractivity contribution is -0.120. The van der Waals surface area contributed by atoms with Crippen LogP contribution < -0.4 is 11.1 Å². The van der Waals surface area contributed by atoms with Gasteiger partial charge in [-0.2, -0.15) is 5.26 Å². The highest BCUT2D eigenvalue weighted by Crippen LogP contribution is 2.20. The molecule has 0 radical (unpaired) electrons. The molecule has 0 heterocycles. The van der Waals surface area contributed by atoms with Gasteiger partial charge in [0.2, 0.25) is 5.91 Å². The van der Waals surface area contributed by atoms with E-state index >= 15 is 0 Å². The van der Waals surface area contributed by atoms with Crippen LogP contribution in [0.1, 0.15) is 29.6 Å². The number of carbonyl (C=O) groups is 2. The van der Waals surface area contributed by atoms with Gasteiger partial charge in [0.15, 0.2) is 0 Å². The van der Waals surface area contributed by atoms with Crippen LogP contribution in [0.4, 0.5) is 0 Å². The van der Waals surface area contributed by atoms with Crippen LogP contribution in [0.25, 0.3) is 0 Å². The van der Waals surface area contributed by atoms with Gasteiger partial charge in [-0.1, -0.05) is 31.9 Å². The van der Waals surface area contributed by atoms with Gasteiger partial charge in [-0.15, -0.1) is 0 Å². The van der Waals surface area contributed by atoms with E-state index < -0.39 is 11.9 Å². The van der Waals surface area contributed by atoms with Crippen LogP contribution in [0, 0.1) is 11.3 Å². The van der Waals surface area contributed by atoms with Gasteiger partial charge in [0, 0.05) is 20.9 Å². The molecular formula is C13H13Br2N3O2. The summed E-state index contributed by atoms with van der Waals surface area (Å²) in [5, 5.41) is 11.1. The van der Waals surface area contributed by atoms with Crippen LogP contribution in [0.5, 0.6) is 0 Å². The molecule has 0 aliphatic heterocycles. The molecule has 0 aromatic heterocycles. The van der Waals surface area contributed by atoms with Gasteiger partial charge in [0.05, 0.1) is 6.07 Å². The number of nitrogens with zero attached hydrogens (tertiary/aromatic N) is 1. The summed E-state index contributed by atoms with van der Waals surface area (Å²) in [6.45, 7) is 0. The Morgan fingerprint density at radius 1 is 1.30 bits per heavy atom. The monoisotopic (exact) mass is 401 g/mol. The van der Waals surface area contributed by atoms with Crippen molar-refractivity contribution in [3.8, 4) is 6.07 Å². The third-order valence-corrected chi connectivity index (χ3v) is 3.47. The summed E-state index contributed by atoms with van der Waals surface area (Å²) >= 11 is 6.58. The standard InChI is InChI=1S/C13H13Br2N3O2/c14-9-5-8(6-10(15)7-9)13(20)18-11(12(17)19)3-1-2-4-16/h5-7,11H,1-3H2,(H2,17,19)(H,18,20)/t11-/m1/s1. The zero-order chi connectivity index (χ0) is 15.1. The molecule has 0 unspecified atom stereocenters. The minimum atomic E-state index is -0.770. The predicted octanol–water partition coefficient (Wildman–Crippen LogP) is 2.49. The van der Waals surface area contributed by atoms with Crippen molar-refractivity contribution in [1.82, 2.24) is 5.32 Å². The minimum absolute atomic E-state index is 0.322. The second-order valence-electron chi connectivity index (χ2n) is 4.14. The lowest BCUT2D eigenvalue weighted by Crippen LogP contribution is -2.44. The van der Waals surface area contributed by atoms with Crippen molar-refractivity contribution in [1.29, 1.82) is 5.26 Å². The van der Waals surface area contributed by atoms with E-state index in [1.54, 1.807) is 18.2 Å². The molecule has 106 valence electrons. The number of rotatable bonds is 6. The quantitative estimate of drug-likeness (QED) is 0.715. The zero-order valence-corrected chi connectivity index (χ0v) is 13.7. The molecule has 20 heavy (non-hydrogen) atoms. The summed E-state index contributed by atoms with van der Waals surface area (Å²) in [7, 11) is 0. The van der Waals surface area contributed by atoms with E-state index in [1.165, 1.54) is 0 Å². The number of hydrogen-bond acceptors (Lipinski definition) is 3. The summed E-state index contributed by atoms with van der Waals surface area (Å²) in [4.78, 5) is 23.4. The van der Waals surface area contributed by atoms with Crippen LogP contribution in [-0.4, -0.2) is 17.9 Å². The smallest absolute Gasteiger partial charge is 0.252 e. The van der Waals surface area contributed by atoms with E-state index in [9.17, 15) is 9.59 Å². The second kappa shape index (κ2) is 8.02. The molecule has 1 rings (SSSR count). The Kier molecular flexibility index (Phi) is 6.68. The summed E-state index contributed by atoms with van der Waals surface area (Å²) < 4.78 is 1.49. The highest BCUT2D eigenvalue weighted by molar-refractivity contribution is 9.11. The molecule has 7 heteroatoms. The maximum atomic E-state index is 12.1. The van der Waals surface area contributed by atoms with Crippen molar-refractivity contribution in [2.75, 3.05) is 0 Å². The largest absolute Gasteiger partial charge is 0.368 e. The molecule has 1 atom stereocenters. The van der Waals surface area contributed by atoms with Gasteiger partial charge in [-0.25, -0.2) is 0 Å². The summed E-state index contributed by atoms with van der Waals surface area (Å²) in [6.07, 6.45) is 1.18. The fourth-order valence-corrected chi connectivity index (χ4v) is 2.89. The number of primary amides is 1. The molecular weight excluding hydrogens is 390 g/mol. The van der Waals surface area contributed by atoms with E-state index in [4.69, 9.17) is 11.0 Å². The maximum Gasteiger partial charge on any atom is 0.252 e. The molecule has 0 fully saturated rings. The maximum absolute atomic E-state index is 12.1. The molecule has 0 saturated carbocycles. The fraction of sp³-hybridized carbons (Fsp3) is 0.308. The molecule has 1 aromatic rings. The van der Waals surface area contributed by atoms with Gasteiger partial charge >= 0.3 is 0 Å². The van der Waals surface area contributed by atoms with Crippen LogP contribution in [-0.2, 0) is 4.79 Å². The van der Waals surface area contributed by atoms with Crippen LogP contribution in [0.2, 0.25) is 0 Å². The number of unbranched alkanes of at least 4 members (excludes halogenated alkanes) is 1. The second-order valence-corrected chi connectivity index (χ2v) is 5.97. The van der Waals surface area contributed by atoms with Gasteiger partial charge in [-0.05, 0) is 31.0 Å². The van der Waals surface area contributed by atoms with Crippen molar-refractivity contribution >= 4 is 43.7 Å². The molecule has 0 saturated heterocycles. The average Bonchev–Trinajstić information content (AvgIpc) is 2.36. The highest BCUT2D eigenvalue weighted by Gasteiger charge is 2.18. The summed E-state index contributed by atoms with van der Waals surface area (Å²) in [5.74, 6) is -0.988. The Hall–Kier alpha value is -1.39. The SMILES string of the molecule is N#CCCC[C@@H](NC(=O)c1cc(Br)cc(Br)c1)C(N)=O. The molecule has 0 spiro atoms. The third-order valence-electron chi connectivity index (χ3n) is 2.55. The van der Waals surface area contributed by atoms with Gasteiger partial charge in [0.25, 0.3) is 5.91 Å². The zero-order valence-electron chi connectivity index (χ0n) is 10.5. The van der Waals surface area contributed by atoms with E-state index in [-0.39, 0.29) is 5.91 Å². The van der Waals surface area contributed by atoms with Crippen molar-refractivity contribution in [2.24, 2.45) is 5.73 Å². The first-order valence-corrected chi connectivity index (χ1v) is 7.46. The van der Waals surface area contributed by atoms with E-state index in [0.717, 1.165) is 8.95 Å². The predicted molar refractivity (Wildman–Crippen MR) is 81.8 cm³/mol. The Labute approximate surface area is 133 Å². The van der Waals surface area contributed by atoms with Crippen LogP contribution >= 0.6 is 31.9 Å². The molecule has 0 aliphatic rings. The number of nitrogens with two attached hydrogens (primary N) is 1. The van der Waals surface area contributed by atoms with Gasteiger partial charge in [-0.3, -0.25) is 9.59 Å². The number of nitriles is 1. The number of carbonyl (C=O) groups excluding carboxylic acids is 2. The van der Waals surface area contributed by atoms with Crippen molar-refractivity contribution in [3.63, 3.8) is 0 Å². The first-order valence-electron chi connectivity index (χ1n) is 5.87. The molecule has 2 amide bonds. The Morgan fingerprint density at radius 2 is 1.90 bits per heavy atom. The Bertz CT molecular complexity index is 535. The van der Waals surface area contributed by atoms with Crippen molar-refractivity contribution in [3.05, 3.63) is 32.7 Å². The average molecular weight is 403 g/mol. The normalized spacial score (nSPS) is 11.4. The first-order chi connectivity index (χ1) is 9.43. The van der Waals surface area contributed by atoms with E-state index in [0.29, 0.717) is 24.8 Å². The van der Waals surface area contributed by atoms with E-state index in [2.05, 4.69) is 37.2 Å². The molecule has 0 aliphatic carbocycles. The van der Waals surface area contributed by atoms with Gasteiger partial charge < -0.3 is 11.1 Å². The third kappa shape index (κ3) is 5.31. The summed E-state index contributed by atoms with van der Waals surface area (Å²) in [5.41, 5.74) is 5.66. The Balaban J connectivity index is 2.75. The number of halogens is 2. The molecule has 5 nitrogen and oxygen atoms in total. The fourth-order valence-electron chi connectivity index (χ4n) is 1.60. The van der Waals surface area contributed by atoms with Crippen LogP contribution in [0.3, 0.4) is 0 Å². The van der Waals surface area contributed by atoms with Crippen LogP contribution in [0.15, 0.2) is 27.1 Å².